The lowest BCUT2D eigenvalue weighted by Gasteiger charge is -2.17. The van der Waals surface area contributed by atoms with Crippen molar-refractivity contribution in [3.63, 3.8) is 0 Å². The lowest BCUT2D eigenvalue weighted by molar-refractivity contribution is -0.757. The molecule has 1 rings (SSSR count). The first-order valence-electron chi connectivity index (χ1n) is 4.83. The van der Waals surface area contributed by atoms with Crippen molar-refractivity contribution in [2.75, 3.05) is 12.3 Å². The van der Waals surface area contributed by atoms with Gasteiger partial charge in [0.2, 0.25) is 0 Å². The fraction of sp³-hybridized carbons (Fsp3) is 0.667. The van der Waals surface area contributed by atoms with E-state index in [1.165, 1.54) is 11.3 Å². The minimum atomic E-state index is -0.791. The first kappa shape index (κ1) is 12.7. The molecule has 90 valence electrons. The second-order valence-corrected chi connectivity index (χ2v) is 5.50. The minimum Gasteiger partial charge on any atom is -0.375 e. The number of thiazole rings is 1. The summed E-state index contributed by atoms with van der Waals surface area (Å²) >= 11 is 1.36. The molecule has 1 heterocycles. The van der Waals surface area contributed by atoms with Gasteiger partial charge in [0.1, 0.15) is 6.61 Å². The number of nitrogens with two attached hydrogens (primary N) is 1. The fourth-order valence-electron chi connectivity index (χ4n) is 1.34. The van der Waals surface area contributed by atoms with Gasteiger partial charge in [-0.15, -0.1) is 21.5 Å². The predicted molar refractivity (Wildman–Crippen MR) is 61.9 cm³/mol. The van der Waals surface area contributed by atoms with Crippen LogP contribution in [-0.4, -0.2) is 16.7 Å². The van der Waals surface area contributed by atoms with Crippen LogP contribution >= 0.6 is 11.3 Å². The maximum Gasteiger partial charge on any atom is 0.294 e. The van der Waals surface area contributed by atoms with Crippen LogP contribution in [0.1, 0.15) is 31.3 Å². The van der Waals surface area contributed by atoms with Crippen molar-refractivity contribution >= 4 is 16.5 Å². The number of hydrogen-bond donors (Lipinski definition) is 1. The highest BCUT2D eigenvalue weighted by Crippen LogP contribution is 2.30. The molecule has 0 fully saturated rings. The molecule has 0 spiro atoms. The van der Waals surface area contributed by atoms with Crippen LogP contribution in [0.15, 0.2) is 0 Å². The van der Waals surface area contributed by atoms with E-state index in [4.69, 9.17) is 5.73 Å². The number of nitrogen functional groups attached to an aromatic ring is 1. The van der Waals surface area contributed by atoms with Gasteiger partial charge in [0, 0.05) is 16.7 Å². The topological polar surface area (TPSA) is 91.3 Å². The average molecular weight is 245 g/mol. The predicted octanol–water partition coefficient (Wildman–Crippen LogP) is 1.77. The van der Waals surface area contributed by atoms with E-state index in [0.29, 0.717) is 11.6 Å². The Hall–Kier alpha value is -1.37. The van der Waals surface area contributed by atoms with Gasteiger partial charge in [0.05, 0.1) is 5.69 Å². The van der Waals surface area contributed by atoms with Crippen LogP contribution in [-0.2, 0) is 16.7 Å². The van der Waals surface area contributed by atoms with E-state index in [1.807, 2.05) is 20.8 Å². The first-order chi connectivity index (χ1) is 7.30. The Balaban J connectivity index is 2.75. The molecule has 0 aliphatic carbocycles. The highest BCUT2D eigenvalue weighted by Gasteiger charge is 2.22. The van der Waals surface area contributed by atoms with Gasteiger partial charge in [-0.25, -0.2) is 4.98 Å². The number of hydrogen-bond acceptors (Lipinski definition) is 6. The third-order valence-corrected chi connectivity index (χ3v) is 2.89. The molecule has 0 aliphatic rings. The van der Waals surface area contributed by atoms with Crippen molar-refractivity contribution in [3.8, 4) is 0 Å². The van der Waals surface area contributed by atoms with Crippen LogP contribution in [0.3, 0.4) is 0 Å². The lowest BCUT2D eigenvalue weighted by atomic mass is 9.91. The first-order valence-corrected chi connectivity index (χ1v) is 5.65. The van der Waals surface area contributed by atoms with Crippen LogP contribution in [0.25, 0.3) is 0 Å². The van der Waals surface area contributed by atoms with E-state index in [-0.39, 0.29) is 12.0 Å². The molecule has 1 aromatic rings. The van der Waals surface area contributed by atoms with Crippen LogP contribution in [0.4, 0.5) is 5.13 Å². The molecule has 0 saturated carbocycles. The largest absolute Gasteiger partial charge is 0.375 e. The molecular formula is C9H15N3O3S. The van der Waals surface area contributed by atoms with Gasteiger partial charge < -0.3 is 10.6 Å². The minimum absolute atomic E-state index is 0.0394. The van der Waals surface area contributed by atoms with Gasteiger partial charge in [0.25, 0.3) is 5.09 Å². The molecular weight excluding hydrogens is 230 g/mol. The Bertz CT molecular complexity index is 384. The summed E-state index contributed by atoms with van der Waals surface area (Å²) < 4.78 is 0. The summed E-state index contributed by atoms with van der Waals surface area (Å²) in [6.45, 7) is 6.12. The summed E-state index contributed by atoms with van der Waals surface area (Å²) in [6.07, 6.45) is 0.461. The fourth-order valence-corrected chi connectivity index (χ4v) is 2.36. The lowest BCUT2D eigenvalue weighted by Crippen LogP contribution is -2.15. The van der Waals surface area contributed by atoms with E-state index in [1.54, 1.807) is 0 Å². The molecule has 7 heteroatoms. The Labute approximate surface area is 97.5 Å². The molecule has 1 aromatic heterocycles. The molecule has 16 heavy (non-hydrogen) atoms. The summed E-state index contributed by atoms with van der Waals surface area (Å²) in [5.74, 6) is 0. The van der Waals surface area contributed by atoms with Gasteiger partial charge in [-0.1, -0.05) is 20.8 Å². The van der Waals surface area contributed by atoms with E-state index >= 15 is 0 Å². The van der Waals surface area contributed by atoms with Gasteiger partial charge >= 0.3 is 0 Å². The van der Waals surface area contributed by atoms with Crippen molar-refractivity contribution in [1.82, 2.24) is 4.98 Å². The Kier molecular flexibility index (Phi) is 3.69. The molecule has 0 radical (unpaired) electrons. The van der Waals surface area contributed by atoms with E-state index in [9.17, 15) is 10.1 Å². The SMILES string of the molecule is CC(C)(C)c1nc(N)sc1CCO[N+](=O)[O-]. The molecule has 0 bridgehead atoms. The Morgan fingerprint density at radius 3 is 2.69 bits per heavy atom. The summed E-state index contributed by atoms with van der Waals surface area (Å²) in [4.78, 5) is 19.5. The zero-order valence-corrected chi connectivity index (χ0v) is 10.3. The Morgan fingerprint density at radius 1 is 1.56 bits per heavy atom. The van der Waals surface area contributed by atoms with E-state index in [2.05, 4.69) is 9.82 Å². The van der Waals surface area contributed by atoms with Gasteiger partial charge in [-0.2, -0.15) is 0 Å². The van der Waals surface area contributed by atoms with Gasteiger partial charge in [-0.05, 0) is 0 Å². The number of anilines is 1. The number of nitrogens with zero attached hydrogens (tertiary/aromatic N) is 2. The van der Waals surface area contributed by atoms with Crippen molar-refractivity contribution in [1.29, 1.82) is 0 Å². The molecule has 0 amide bonds. The van der Waals surface area contributed by atoms with Crippen molar-refractivity contribution < 1.29 is 9.92 Å². The average Bonchev–Trinajstić information content (AvgIpc) is 2.45. The molecule has 2 N–H and O–H groups in total. The highest BCUT2D eigenvalue weighted by molar-refractivity contribution is 7.15. The standard InChI is InChI=1S/C9H15N3O3S/c1-9(2,3)7-6(16-8(10)11-7)4-5-15-12(13)14/h4-5H2,1-3H3,(H2,10,11). The number of rotatable bonds is 4. The molecule has 0 aliphatic heterocycles. The summed E-state index contributed by atoms with van der Waals surface area (Å²) in [7, 11) is 0. The van der Waals surface area contributed by atoms with Crippen LogP contribution < -0.4 is 5.73 Å². The highest BCUT2D eigenvalue weighted by atomic mass is 32.1. The molecule has 0 saturated heterocycles. The molecule has 0 unspecified atom stereocenters. The van der Waals surface area contributed by atoms with E-state index < -0.39 is 5.09 Å². The second-order valence-electron chi connectivity index (χ2n) is 4.38. The zero-order valence-electron chi connectivity index (χ0n) is 9.52. The van der Waals surface area contributed by atoms with Crippen molar-refractivity contribution in [2.24, 2.45) is 0 Å². The quantitative estimate of drug-likeness (QED) is 0.644. The third kappa shape index (κ3) is 3.34. The van der Waals surface area contributed by atoms with Gasteiger partial charge in [0.15, 0.2) is 5.13 Å². The van der Waals surface area contributed by atoms with E-state index in [0.717, 1.165) is 10.6 Å². The smallest absolute Gasteiger partial charge is 0.294 e. The summed E-state index contributed by atoms with van der Waals surface area (Å²) in [6, 6.07) is 0. The zero-order chi connectivity index (χ0) is 12.3. The van der Waals surface area contributed by atoms with Gasteiger partial charge in [-0.3, -0.25) is 0 Å². The molecule has 6 nitrogen and oxygen atoms in total. The van der Waals surface area contributed by atoms with Crippen molar-refractivity contribution in [2.45, 2.75) is 32.6 Å². The third-order valence-electron chi connectivity index (χ3n) is 1.95. The second kappa shape index (κ2) is 4.65. The van der Waals surface area contributed by atoms with Crippen LogP contribution in [0.5, 0.6) is 0 Å². The summed E-state index contributed by atoms with van der Waals surface area (Å²) in [5, 5.41) is 9.72. The molecule has 0 aromatic carbocycles. The normalized spacial score (nSPS) is 11.4. The van der Waals surface area contributed by atoms with Crippen molar-refractivity contribution in [3.05, 3.63) is 20.7 Å². The summed E-state index contributed by atoms with van der Waals surface area (Å²) in [5.41, 5.74) is 6.42. The number of aromatic nitrogens is 1. The molecule has 0 atom stereocenters. The maximum absolute atomic E-state index is 10.0. The monoisotopic (exact) mass is 245 g/mol. The van der Waals surface area contributed by atoms with Crippen LogP contribution in [0.2, 0.25) is 0 Å². The Morgan fingerprint density at radius 2 is 2.19 bits per heavy atom. The maximum atomic E-state index is 10.0. The van der Waals surface area contributed by atoms with Crippen LogP contribution in [0, 0.1) is 10.1 Å².